The second-order valence-corrected chi connectivity index (χ2v) is 9.69. The summed E-state index contributed by atoms with van der Waals surface area (Å²) in [5.74, 6) is 0. The van der Waals surface area contributed by atoms with Crippen molar-refractivity contribution in [3.8, 4) is 0 Å². The van der Waals surface area contributed by atoms with E-state index in [9.17, 15) is 0 Å². The van der Waals surface area contributed by atoms with Crippen molar-refractivity contribution in [2.75, 3.05) is 0 Å². The van der Waals surface area contributed by atoms with Crippen molar-refractivity contribution in [3.05, 3.63) is 55.2 Å². The SMILES string of the molecule is [C-]1=CC=CC1.[C-]1=CC=CC1.[CH2-][Si](C)(C)C.[Zr+3]. The quantitative estimate of drug-likeness (QED) is 0.462. The normalized spacial score (nSPS) is 14.8. The zero-order valence-corrected chi connectivity index (χ0v) is 14.0. The van der Waals surface area contributed by atoms with Crippen molar-refractivity contribution >= 4 is 8.07 Å². The van der Waals surface area contributed by atoms with Crippen LogP contribution in [0.2, 0.25) is 19.6 Å². The maximum Gasteiger partial charge on any atom is 3.00 e. The van der Waals surface area contributed by atoms with Gasteiger partial charge in [0.2, 0.25) is 0 Å². The number of rotatable bonds is 0. The van der Waals surface area contributed by atoms with Crippen LogP contribution in [0, 0.1) is 18.7 Å². The van der Waals surface area contributed by atoms with Gasteiger partial charge >= 0.3 is 26.2 Å². The van der Waals surface area contributed by atoms with Crippen LogP contribution in [0.4, 0.5) is 0 Å². The summed E-state index contributed by atoms with van der Waals surface area (Å²) in [5, 5.41) is 0. The van der Waals surface area contributed by atoms with Crippen LogP contribution in [0.15, 0.2) is 36.5 Å². The van der Waals surface area contributed by atoms with E-state index in [4.69, 9.17) is 0 Å². The van der Waals surface area contributed by atoms with E-state index in [2.05, 4.69) is 50.5 Å². The minimum absolute atomic E-state index is 0. The van der Waals surface area contributed by atoms with Gasteiger partial charge in [0.05, 0.1) is 0 Å². The summed E-state index contributed by atoms with van der Waals surface area (Å²) in [7, 11) is -0.861. The van der Waals surface area contributed by atoms with Gasteiger partial charge in [-0.2, -0.15) is 12.2 Å². The largest absolute Gasteiger partial charge is 3.00 e. The minimum Gasteiger partial charge on any atom is -0.342 e. The van der Waals surface area contributed by atoms with Crippen LogP contribution in [-0.2, 0) is 26.2 Å². The second kappa shape index (κ2) is 11.5. The molecule has 2 aliphatic carbocycles. The van der Waals surface area contributed by atoms with Gasteiger partial charge in [-0.25, -0.2) is 24.3 Å². The van der Waals surface area contributed by atoms with Gasteiger partial charge in [-0.1, -0.05) is 19.6 Å². The average Bonchev–Trinajstić information content (AvgIpc) is 2.81. The van der Waals surface area contributed by atoms with Crippen LogP contribution < -0.4 is 0 Å². The first-order valence-corrected chi connectivity index (χ1v) is 8.99. The molecule has 0 heterocycles. The fourth-order valence-electron chi connectivity index (χ4n) is 0.680. The van der Waals surface area contributed by atoms with E-state index in [0.717, 1.165) is 12.8 Å². The molecule has 2 heteroatoms. The van der Waals surface area contributed by atoms with Crippen LogP contribution in [0.3, 0.4) is 0 Å². The van der Waals surface area contributed by atoms with E-state index in [1.165, 1.54) is 0 Å². The molecule has 0 nitrogen and oxygen atoms in total. The van der Waals surface area contributed by atoms with E-state index in [0.29, 0.717) is 0 Å². The van der Waals surface area contributed by atoms with E-state index in [1.807, 2.05) is 24.3 Å². The van der Waals surface area contributed by atoms with Gasteiger partial charge < -0.3 is 6.55 Å². The Bertz CT molecular complexity index is 206. The minimum atomic E-state index is -0.861. The standard InChI is InChI=1S/2C5H5.C4H11Si.Zr/c2*1-2-4-5-3-1;1-5(2,3)4;/h2*1-3H,4H2;1H2,2-4H3;/q3*-1;+3. The maximum atomic E-state index is 3.91. The fraction of sp³-hybridized carbons (Fsp3) is 0.357. The van der Waals surface area contributed by atoms with E-state index < -0.39 is 8.07 Å². The number of hydrogen-bond acceptors (Lipinski definition) is 0. The molecule has 2 rings (SSSR count). The Morgan fingerprint density at radius 2 is 1.25 bits per heavy atom. The van der Waals surface area contributed by atoms with Gasteiger partial charge in [0, 0.05) is 0 Å². The molecule has 0 unspecified atom stereocenters. The molecule has 2 aliphatic rings. The fourth-order valence-corrected chi connectivity index (χ4v) is 0.680. The van der Waals surface area contributed by atoms with Crippen LogP contribution in [0.5, 0.6) is 0 Å². The van der Waals surface area contributed by atoms with Gasteiger partial charge in [0.1, 0.15) is 0 Å². The molecular weight excluding hydrogens is 287 g/mol. The summed E-state index contributed by atoms with van der Waals surface area (Å²) in [6, 6.07) is 0. The topological polar surface area (TPSA) is 0 Å². The monoisotopic (exact) mass is 307 g/mol. The molecule has 0 fully saturated rings. The van der Waals surface area contributed by atoms with Crippen LogP contribution in [0.25, 0.3) is 0 Å². The molecule has 0 aromatic heterocycles. The first kappa shape index (κ1) is 18.4. The number of allylic oxidation sites excluding steroid dienone is 8. The molecule has 0 aliphatic heterocycles. The smallest absolute Gasteiger partial charge is 0.342 e. The van der Waals surface area contributed by atoms with Gasteiger partial charge in [0.25, 0.3) is 0 Å². The molecule has 0 amide bonds. The Kier molecular flexibility index (Phi) is 13.3. The average molecular weight is 309 g/mol. The molecule has 85 valence electrons. The van der Waals surface area contributed by atoms with E-state index in [-0.39, 0.29) is 26.2 Å². The van der Waals surface area contributed by atoms with Gasteiger partial charge in [-0.05, 0) is 0 Å². The number of hydrogen-bond donors (Lipinski definition) is 0. The van der Waals surface area contributed by atoms with Crippen molar-refractivity contribution in [2.24, 2.45) is 0 Å². The molecule has 0 atom stereocenters. The molecule has 0 spiro atoms. The van der Waals surface area contributed by atoms with E-state index >= 15 is 0 Å². The molecule has 0 aromatic carbocycles. The van der Waals surface area contributed by atoms with Gasteiger partial charge in [0.15, 0.2) is 0 Å². The van der Waals surface area contributed by atoms with Crippen molar-refractivity contribution in [3.63, 3.8) is 0 Å². The third-order valence-electron chi connectivity index (χ3n) is 1.17. The summed E-state index contributed by atoms with van der Waals surface area (Å²) < 4.78 is 0. The second-order valence-electron chi connectivity index (χ2n) is 4.57. The molecule has 0 aromatic rings. The van der Waals surface area contributed by atoms with Crippen molar-refractivity contribution in [1.82, 2.24) is 0 Å². The van der Waals surface area contributed by atoms with Crippen LogP contribution >= 0.6 is 0 Å². The Morgan fingerprint density at radius 3 is 1.31 bits per heavy atom. The molecule has 16 heavy (non-hydrogen) atoms. The maximum absolute atomic E-state index is 3.91. The Labute approximate surface area is 121 Å². The molecule has 0 saturated heterocycles. The van der Waals surface area contributed by atoms with Crippen LogP contribution in [-0.4, -0.2) is 8.07 Å². The molecular formula is C14H21SiZr. The summed E-state index contributed by atoms with van der Waals surface area (Å²) in [6.07, 6.45) is 20.0. The van der Waals surface area contributed by atoms with E-state index in [1.54, 1.807) is 0 Å². The summed E-state index contributed by atoms with van der Waals surface area (Å²) >= 11 is 0. The van der Waals surface area contributed by atoms with Crippen molar-refractivity contribution < 1.29 is 26.2 Å². The van der Waals surface area contributed by atoms with Crippen molar-refractivity contribution in [1.29, 1.82) is 0 Å². The van der Waals surface area contributed by atoms with Crippen LogP contribution in [0.1, 0.15) is 12.8 Å². The summed E-state index contributed by atoms with van der Waals surface area (Å²) in [6.45, 7) is 10.6. The summed E-state index contributed by atoms with van der Waals surface area (Å²) in [4.78, 5) is 0. The first-order chi connectivity index (χ1) is 7.00. The Morgan fingerprint density at radius 1 is 0.938 bits per heavy atom. The predicted octanol–water partition coefficient (Wildman–Crippen LogP) is 4.31. The van der Waals surface area contributed by atoms with Gasteiger partial charge in [-0.3, -0.25) is 12.2 Å². The molecule has 0 bridgehead atoms. The third-order valence-corrected chi connectivity index (χ3v) is 1.17. The first-order valence-electron chi connectivity index (χ1n) is 5.29. The Balaban J connectivity index is 0. The predicted molar refractivity (Wildman–Crippen MR) is 71.8 cm³/mol. The van der Waals surface area contributed by atoms with Crippen molar-refractivity contribution in [2.45, 2.75) is 32.5 Å². The Hall–Kier alpha value is 0.0600. The zero-order chi connectivity index (χ0) is 11.6. The molecule has 1 radical (unpaired) electrons. The van der Waals surface area contributed by atoms with Gasteiger partial charge in [-0.15, -0.1) is 20.9 Å². The molecule has 0 N–H and O–H groups in total. The zero-order valence-electron chi connectivity index (χ0n) is 10.6. The third kappa shape index (κ3) is 23.7. The molecule has 0 saturated carbocycles. The summed E-state index contributed by atoms with van der Waals surface area (Å²) in [5.41, 5.74) is 0.